The fourth-order valence-electron chi connectivity index (χ4n) is 2.43. The van der Waals surface area contributed by atoms with E-state index in [1.807, 2.05) is 0 Å². The molecular formula is C20H19F3N2O4. The van der Waals surface area contributed by atoms with Crippen molar-refractivity contribution in [3.63, 3.8) is 0 Å². The molecule has 0 fully saturated rings. The van der Waals surface area contributed by atoms with Crippen molar-refractivity contribution in [3.05, 3.63) is 70.8 Å². The van der Waals surface area contributed by atoms with E-state index in [0.717, 1.165) is 12.1 Å². The van der Waals surface area contributed by atoms with Crippen LogP contribution in [0.2, 0.25) is 0 Å². The summed E-state index contributed by atoms with van der Waals surface area (Å²) in [5.74, 6) is -0.692. The van der Waals surface area contributed by atoms with Crippen LogP contribution < -0.4 is 0 Å². The molecule has 0 atom stereocenters. The average molecular weight is 408 g/mol. The minimum absolute atomic E-state index is 0.0484. The third-order valence-corrected chi connectivity index (χ3v) is 3.86. The molecule has 0 bridgehead atoms. The standard InChI is InChI=1S/C20H19F3N2O4/c1-13(14-8-6-9-16(11-14)20(21,22)23)24-29-12-15-7-4-5-10-17(15)18(25-28-3)19(26)27-2/h4-11H,12H2,1-3H3/b24-13?,25-18-. The van der Waals surface area contributed by atoms with Gasteiger partial charge in [-0.2, -0.15) is 13.2 Å². The van der Waals surface area contributed by atoms with E-state index in [4.69, 9.17) is 14.4 Å². The normalized spacial score (nSPS) is 12.5. The number of ether oxygens (including phenoxy) is 1. The number of halogens is 3. The van der Waals surface area contributed by atoms with Crippen LogP contribution in [0.4, 0.5) is 13.2 Å². The van der Waals surface area contributed by atoms with Crippen molar-refractivity contribution in [1.29, 1.82) is 0 Å². The molecule has 6 nitrogen and oxygen atoms in total. The first-order valence-corrected chi connectivity index (χ1v) is 8.39. The van der Waals surface area contributed by atoms with Crippen LogP contribution in [0.25, 0.3) is 0 Å². The maximum atomic E-state index is 12.9. The van der Waals surface area contributed by atoms with Crippen LogP contribution in [0, 0.1) is 0 Å². The van der Waals surface area contributed by atoms with Crippen LogP contribution in [-0.2, 0) is 32.0 Å². The van der Waals surface area contributed by atoms with Crippen molar-refractivity contribution in [3.8, 4) is 0 Å². The van der Waals surface area contributed by atoms with Gasteiger partial charge in [0.05, 0.1) is 18.4 Å². The predicted octanol–water partition coefficient (Wildman–Crippen LogP) is 4.17. The van der Waals surface area contributed by atoms with E-state index in [2.05, 4.69) is 10.3 Å². The molecule has 0 saturated carbocycles. The largest absolute Gasteiger partial charge is 0.464 e. The van der Waals surface area contributed by atoms with Crippen LogP contribution in [-0.4, -0.2) is 31.6 Å². The molecule has 0 aromatic heterocycles. The molecule has 29 heavy (non-hydrogen) atoms. The van der Waals surface area contributed by atoms with Crippen LogP contribution in [0.3, 0.4) is 0 Å². The molecule has 0 unspecified atom stereocenters. The third-order valence-electron chi connectivity index (χ3n) is 3.86. The average Bonchev–Trinajstić information content (AvgIpc) is 2.71. The molecule has 0 saturated heterocycles. The topological polar surface area (TPSA) is 69.5 Å². The number of benzene rings is 2. The Balaban J connectivity index is 2.21. The molecule has 0 heterocycles. The monoisotopic (exact) mass is 408 g/mol. The summed E-state index contributed by atoms with van der Waals surface area (Å²) >= 11 is 0. The van der Waals surface area contributed by atoms with Gasteiger partial charge >= 0.3 is 12.1 Å². The predicted molar refractivity (Wildman–Crippen MR) is 100 cm³/mol. The summed E-state index contributed by atoms with van der Waals surface area (Å²) in [7, 11) is 2.51. The van der Waals surface area contributed by atoms with Gasteiger partial charge in [-0.15, -0.1) is 0 Å². The van der Waals surface area contributed by atoms with Gasteiger partial charge in [0.1, 0.15) is 13.7 Å². The number of carbonyl (C=O) groups is 1. The van der Waals surface area contributed by atoms with Crippen molar-refractivity contribution in [1.82, 2.24) is 0 Å². The van der Waals surface area contributed by atoms with E-state index in [1.165, 1.54) is 33.3 Å². The number of carbonyl (C=O) groups excluding carboxylic acids is 1. The van der Waals surface area contributed by atoms with Gasteiger partial charge in [0.2, 0.25) is 0 Å². The molecule has 2 aromatic carbocycles. The first-order valence-electron chi connectivity index (χ1n) is 8.39. The number of rotatable bonds is 7. The Kier molecular flexibility index (Phi) is 7.35. The first-order chi connectivity index (χ1) is 13.8. The van der Waals surface area contributed by atoms with Gasteiger partial charge in [0.15, 0.2) is 5.71 Å². The summed E-state index contributed by atoms with van der Waals surface area (Å²) in [6.45, 7) is 1.49. The Labute approximate surface area is 165 Å². The maximum absolute atomic E-state index is 12.9. The zero-order valence-corrected chi connectivity index (χ0v) is 16.0. The van der Waals surface area contributed by atoms with Crippen LogP contribution in [0.5, 0.6) is 0 Å². The molecular weight excluding hydrogens is 389 g/mol. The van der Waals surface area contributed by atoms with Gasteiger partial charge in [0, 0.05) is 11.1 Å². The van der Waals surface area contributed by atoms with E-state index in [9.17, 15) is 18.0 Å². The number of oxime groups is 2. The van der Waals surface area contributed by atoms with Crippen molar-refractivity contribution in [2.24, 2.45) is 10.3 Å². The van der Waals surface area contributed by atoms with Gasteiger partial charge in [-0.3, -0.25) is 0 Å². The maximum Gasteiger partial charge on any atom is 0.416 e. The molecule has 0 radical (unpaired) electrons. The number of alkyl halides is 3. The van der Waals surface area contributed by atoms with Crippen molar-refractivity contribution in [2.45, 2.75) is 19.7 Å². The molecule has 2 aromatic rings. The quantitative estimate of drug-likeness (QED) is 0.392. The zero-order chi connectivity index (χ0) is 21.4. The molecule has 9 heteroatoms. The lowest BCUT2D eigenvalue weighted by atomic mass is 10.0. The molecule has 0 N–H and O–H groups in total. The molecule has 154 valence electrons. The van der Waals surface area contributed by atoms with Gasteiger partial charge in [-0.05, 0) is 24.6 Å². The fourth-order valence-corrected chi connectivity index (χ4v) is 2.43. The molecule has 0 aliphatic heterocycles. The Morgan fingerprint density at radius 1 is 1.03 bits per heavy atom. The minimum Gasteiger partial charge on any atom is -0.464 e. The van der Waals surface area contributed by atoms with Crippen molar-refractivity contribution < 1.29 is 32.4 Å². The summed E-state index contributed by atoms with van der Waals surface area (Å²) in [6.07, 6.45) is -4.44. The summed E-state index contributed by atoms with van der Waals surface area (Å²) in [6, 6.07) is 11.5. The highest BCUT2D eigenvalue weighted by Crippen LogP contribution is 2.29. The molecule has 0 amide bonds. The smallest absolute Gasteiger partial charge is 0.416 e. The van der Waals surface area contributed by atoms with Crippen molar-refractivity contribution >= 4 is 17.4 Å². The van der Waals surface area contributed by atoms with Gasteiger partial charge in [0.25, 0.3) is 0 Å². The highest BCUT2D eigenvalue weighted by molar-refractivity contribution is 6.43. The lowest BCUT2D eigenvalue weighted by molar-refractivity contribution is -0.137. The van der Waals surface area contributed by atoms with E-state index in [1.54, 1.807) is 24.3 Å². The first kappa shape index (κ1) is 21.9. The number of methoxy groups -OCH3 is 1. The number of hydrogen-bond donors (Lipinski definition) is 0. The molecule has 0 aliphatic carbocycles. The second kappa shape index (κ2) is 9.72. The van der Waals surface area contributed by atoms with Crippen LogP contribution in [0.1, 0.15) is 29.2 Å². The summed E-state index contributed by atoms with van der Waals surface area (Å²) in [5.41, 5.74) is 0.722. The molecule has 2 rings (SSSR count). The van der Waals surface area contributed by atoms with Gasteiger partial charge in [-0.1, -0.05) is 46.7 Å². The van der Waals surface area contributed by atoms with Gasteiger partial charge in [-0.25, -0.2) is 4.79 Å². The number of hydrogen-bond acceptors (Lipinski definition) is 6. The van der Waals surface area contributed by atoms with E-state index in [-0.39, 0.29) is 23.6 Å². The summed E-state index contributed by atoms with van der Waals surface area (Å²) in [5, 5.41) is 7.58. The van der Waals surface area contributed by atoms with E-state index >= 15 is 0 Å². The lowest BCUT2D eigenvalue weighted by Gasteiger charge is -2.10. The molecule has 0 aliphatic rings. The Hall–Kier alpha value is -3.36. The Morgan fingerprint density at radius 3 is 2.41 bits per heavy atom. The van der Waals surface area contributed by atoms with E-state index < -0.39 is 17.7 Å². The second-order valence-electron chi connectivity index (χ2n) is 5.80. The van der Waals surface area contributed by atoms with Gasteiger partial charge < -0.3 is 14.4 Å². The fraction of sp³-hybridized carbons (Fsp3) is 0.250. The number of nitrogens with zero attached hydrogens (tertiary/aromatic N) is 2. The zero-order valence-electron chi connectivity index (χ0n) is 16.0. The lowest BCUT2D eigenvalue weighted by Crippen LogP contribution is -2.19. The number of esters is 1. The molecule has 0 spiro atoms. The second-order valence-corrected chi connectivity index (χ2v) is 5.80. The highest BCUT2D eigenvalue weighted by Gasteiger charge is 2.30. The highest BCUT2D eigenvalue weighted by atomic mass is 19.4. The van der Waals surface area contributed by atoms with Crippen LogP contribution >= 0.6 is 0 Å². The Bertz CT molecular complexity index is 924. The Morgan fingerprint density at radius 2 is 1.76 bits per heavy atom. The summed E-state index contributed by atoms with van der Waals surface area (Å²) in [4.78, 5) is 21.9. The van der Waals surface area contributed by atoms with Crippen molar-refractivity contribution in [2.75, 3.05) is 14.2 Å². The third kappa shape index (κ3) is 5.81. The SMILES string of the molecule is CO/N=C(\C(=O)OC)c1ccccc1CON=C(C)c1cccc(C(F)(F)F)c1. The van der Waals surface area contributed by atoms with E-state index in [0.29, 0.717) is 11.1 Å². The van der Waals surface area contributed by atoms with Crippen LogP contribution in [0.15, 0.2) is 58.8 Å². The minimum atomic E-state index is -4.44. The summed E-state index contributed by atoms with van der Waals surface area (Å²) < 4.78 is 43.3.